The standard InChI is InChI=1S/C26H23N5O2S/c32-22(27-18-11-5-2-6-12-18)16-30-25-23(19-13-7-8-14-20(19)34-25)24-28-21(29-31(24)26(30)33)15-17-9-3-1-4-10-17/h1-6,9-12H,7-8,13-16H2,(H,27,32). The minimum absolute atomic E-state index is 0.0760. The summed E-state index contributed by atoms with van der Waals surface area (Å²) >= 11 is 1.62. The zero-order chi connectivity index (χ0) is 23.1. The fourth-order valence-electron chi connectivity index (χ4n) is 4.68. The molecule has 7 nitrogen and oxygen atoms in total. The van der Waals surface area contributed by atoms with E-state index in [9.17, 15) is 9.59 Å². The van der Waals surface area contributed by atoms with E-state index in [2.05, 4.69) is 10.4 Å². The first-order chi connectivity index (χ1) is 16.7. The third kappa shape index (κ3) is 3.70. The van der Waals surface area contributed by atoms with Crippen molar-refractivity contribution in [2.45, 2.75) is 38.6 Å². The first-order valence-corrected chi connectivity index (χ1v) is 12.3. The van der Waals surface area contributed by atoms with Crippen LogP contribution < -0.4 is 11.0 Å². The Labute approximate surface area is 199 Å². The Hall–Kier alpha value is -3.78. The van der Waals surface area contributed by atoms with Crippen molar-refractivity contribution < 1.29 is 4.79 Å². The van der Waals surface area contributed by atoms with Gasteiger partial charge in [0.1, 0.15) is 11.4 Å². The predicted molar refractivity (Wildman–Crippen MR) is 134 cm³/mol. The van der Waals surface area contributed by atoms with Crippen molar-refractivity contribution in [2.75, 3.05) is 5.32 Å². The number of rotatable bonds is 5. The highest BCUT2D eigenvalue weighted by Crippen LogP contribution is 2.37. The summed E-state index contributed by atoms with van der Waals surface area (Å²) < 4.78 is 2.95. The number of fused-ring (bicyclic) bond motifs is 5. The van der Waals surface area contributed by atoms with Gasteiger partial charge >= 0.3 is 5.69 Å². The molecule has 3 heterocycles. The van der Waals surface area contributed by atoms with Crippen LogP contribution in [0.15, 0.2) is 65.5 Å². The molecule has 0 spiro atoms. The molecule has 1 aliphatic carbocycles. The molecule has 1 aliphatic rings. The van der Waals surface area contributed by atoms with Crippen molar-refractivity contribution in [2.24, 2.45) is 0 Å². The summed E-state index contributed by atoms with van der Waals surface area (Å²) in [5.41, 5.74) is 3.31. The average Bonchev–Trinajstić information content (AvgIpc) is 3.44. The highest BCUT2D eigenvalue weighted by Gasteiger charge is 2.25. The molecule has 0 atom stereocenters. The second kappa shape index (κ2) is 8.53. The lowest BCUT2D eigenvalue weighted by Crippen LogP contribution is -2.32. The summed E-state index contributed by atoms with van der Waals surface area (Å²) in [7, 11) is 0. The molecular formula is C26H23N5O2S. The summed E-state index contributed by atoms with van der Waals surface area (Å²) in [6, 6.07) is 19.3. The lowest BCUT2D eigenvalue weighted by Gasteiger charge is -2.11. The molecule has 8 heteroatoms. The van der Waals surface area contributed by atoms with Crippen LogP contribution in [0.3, 0.4) is 0 Å². The molecule has 0 saturated heterocycles. The van der Waals surface area contributed by atoms with Crippen LogP contribution in [0.4, 0.5) is 5.69 Å². The lowest BCUT2D eigenvalue weighted by molar-refractivity contribution is -0.116. The molecule has 0 unspecified atom stereocenters. The Morgan fingerprint density at radius 2 is 1.74 bits per heavy atom. The highest BCUT2D eigenvalue weighted by molar-refractivity contribution is 7.19. The number of thiophene rings is 1. The van der Waals surface area contributed by atoms with Gasteiger partial charge in [0.25, 0.3) is 0 Å². The molecule has 0 radical (unpaired) electrons. The second-order valence-corrected chi connectivity index (χ2v) is 9.68. The van der Waals surface area contributed by atoms with Gasteiger partial charge in [-0.3, -0.25) is 9.36 Å². The number of nitrogens with zero attached hydrogens (tertiary/aromatic N) is 4. The van der Waals surface area contributed by atoms with Crippen LogP contribution in [0.1, 0.15) is 34.7 Å². The van der Waals surface area contributed by atoms with Gasteiger partial charge in [-0.1, -0.05) is 48.5 Å². The van der Waals surface area contributed by atoms with E-state index in [0.717, 1.165) is 41.5 Å². The van der Waals surface area contributed by atoms with Gasteiger partial charge in [-0.25, -0.2) is 9.78 Å². The van der Waals surface area contributed by atoms with E-state index in [0.29, 0.717) is 23.6 Å². The molecule has 34 heavy (non-hydrogen) atoms. The van der Waals surface area contributed by atoms with Gasteiger partial charge in [0.15, 0.2) is 11.5 Å². The molecule has 5 aromatic rings. The van der Waals surface area contributed by atoms with Crippen LogP contribution in [-0.2, 0) is 30.6 Å². The second-order valence-electron chi connectivity index (χ2n) is 8.60. The maximum atomic E-state index is 13.6. The largest absolute Gasteiger partial charge is 0.352 e. The van der Waals surface area contributed by atoms with Gasteiger partial charge in [-0.15, -0.1) is 16.4 Å². The summed E-state index contributed by atoms with van der Waals surface area (Å²) in [6.07, 6.45) is 4.76. The number of aromatic nitrogens is 4. The number of aryl methyl sites for hydroxylation is 2. The van der Waals surface area contributed by atoms with E-state index in [1.807, 2.05) is 60.7 Å². The number of nitrogens with one attached hydrogen (secondary N) is 1. The number of hydrogen-bond acceptors (Lipinski definition) is 5. The monoisotopic (exact) mass is 469 g/mol. The van der Waals surface area contributed by atoms with Crippen LogP contribution in [0.25, 0.3) is 15.9 Å². The zero-order valence-corrected chi connectivity index (χ0v) is 19.3. The molecule has 0 aliphatic heterocycles. The van der Waals surface area contributed by atoms with E-state index in [4.69, 9.17) is 4.98 Å². The first kappa shape index (κ1) is 20.8. The molecule has 1 amide bonds. The van der Waals surface area contributed by atoms with Crippen LogP contribution in [0, 0.1) is 0 Å². The quantitative estimate of drug-likeness (QED) is 0.418. The minimum Gasteiger partial charge on any atom is -0.325 e. The normalized spacial score (nSPS) is 13.3. The lowest BCUT2D eigenvalue weighted by atomic mass is 9.97. The number of amides is 1. The van der Waals surface area contributed by atoms with Gasteiger partial charge in [-0.2, -0.15) is 4.52 Å². The topological polar surface area (TPSA) is 81.3 Å². The maximum Gasteiger partial charge on any atom is 0.352 e. The number of hydrogen-bond donors (Lipinski definition) is 1. The summed E-state index contributed by atoms with van der Waals surface area (Å²) in [4.78, 5) is 33.4. The molecule has 170 valence electrons. The minimum atomic E-state index is -0.337. The molecule has 0 bridgehead atoms. The fourth-order valence-corrected chi connectivity index (χ4v) is 6.06. The van der Waals surface area contributed by atoms with E-state index in [1.54, 1.807) is 15.9 Å². The van der Waals surface area contributed by atoms with Crippen LogP contribution in [0.2, 0.25) is 0 Å². The van der Waals surface area contributed by atoms with E-state index in [-0.39, 0.29) is 18.1 Å². The first-order valence-electron chi connectivity index (χ1n) is 11.5. The number of para-hydroxylation sites is 1. The predicted octanol–water partition coefficient (Wildman–Crippen LogP) is 4.21. The zero-order valence-electron chi connectivity index (χ0n) is 18.5. The Morgan fingerprint density at radius 3 is 2.53 bits per heavy atom. The van der Waals surface area contributed by atoms with Crippen molar-refractivity contribution in [1.82, 2.24) is 19.2 Å². The van der Waals surface area contributed by atoms with Crippen molar-refractivity contribution in [1.29, 1.82) is 0 Å². The van der Waals surface area contributed by atoms with Crippen molar-refractivity contribution in [3.05, 3.63) is 93.0 Å². The SMILES string of the molecule is O=C(Cn1c(=O)n2nc(Cc3ccccc3)nc2c2c3c(sc21)CCCC3)Nc1ccccc1. The Bertz CT molecular complexity index is 1570. The van der Waals surface area contributed by atoms with Gasteiger partial charge in [0.2, 0.25) is 5.91 Å². The summed E-state index contributed by atoms with van der Waals surface area (Å²) in [5.74, 6) is 0.358. The van der Waals surface area contributed by atoms with E-state index >= 15 is 0 Å². The Kier molecular flexibility index (Phi) is 5.22. The van der Waals surface area contributed by atoms with Crippen molar-refractivity contribution in [3.8, 4) is 0 Å². The van der Waals surface area contributed by atoms with Crippen LogP contribution in [0.5, 0.6) is 0 Å². The smallest absolute Gasteiger partial charge is 0.325 e. The van der Waals surface area contributed by atoms with Gasteiger partial charge in [0, 0.05) is 17.0 Å². The molecule has 6 rings (SSSR count). The number of benzene rings is 2. The van der Waals surface area contributed by atoms with Crippen molar-refractivity contribution >= 4 is 38.8 Å². The van der Waals surface area contributed by atoms with Crippen molar-refractivity contribution in [3.63, 3.8) is 0 Å². The van der Waals surface area contributed by atoms with E-state index < -0.39 is 0 Å². The summed E-state index contributed by atoms with van der Waals surface area (Å²) in [6.45, 7) is -0.0760. The van der Waals surface area contributed by atoms with Crippen LogP contribution >= 0.6 is 11.3 Å². The molecular weight excluding hydrogens is 446 g/mol. The number of anilines is 1. The average molecular weight is 470 g/mol. The number of carbonyl (C=O) groups excluding carboxylic acids is 1. The Balaban J connectivity index is 1.48. The third-order valence-electron chi connectivity index (χ3n) is 6.25. The highest BCUT2D eigenvalue weighted by atomic mass is 32.1. The molecule has 2 aromatic carbocycles. The molecule has 1 N–H and O–H groups in total. The van der Waals surface area contributed by atoms with Gasteiger partial charge in [0.05, 0.1) is 5.39 Å². The maximum absolute atomic E-state index is 13.6. The molecule has 0 saturated carbocycles. The van der Waals surface area contributed by atoms with Gasteiger partial charge in [-0.05, 0) is 48.9 Å². The molecule has 3 aromatic heterocycles. The van der Waals surface area contributed by atoms with Crippen LogP contribution in [-0.4, -0.2) is 25.1 Å². The Morgan fingerprint density at radius 1 is 1.00 bits per heavy atom. The fraction of sp³-hybridized carbons (Fsp3) is 0.231. The number of carbonyl (C=O) groups is 1. The third-order valence-corrected chi connectivity index (χ3v) is 7.56. The summed E-state index contributed by atoms with van der Waals surface area (Å²) in [5, 5.41) is 8.44. The van der Waals surface area contributed by atoms with Gasteiger partial charge < -0.3 is 5.32 Å². The van der Waals surface area contributed by atoms with E-state index in [1.165, 1.54) is 15.0 Å². The molecule has 0 fully saturated rings.